The third-order valence-corrected chi connectivity index (χ3v) is 8.07. The molecule has 1 aromatic heterocycles. The number of benzene rings is 4. The maximum atomic E-state index is 13.1. The lowest BCUT2D eigenvalue weighted by atomic mass is 10.00. The molecule has 4 aromatic carbocycles. The van der Waals surface area contributed by atoms with Gasteiger partial charge in [-0.3, -0.25) is 9.59 Å². The monoisotopic (exact) mass is 618 g/mol. The molecule has 0 saturated carbocycles. The van der Waals surface area contributed by atoms with Gasteiger partial charge in [-0.15, -0.1) is 0 Å². The number of anilines is 1. The molecular formula is C37H34N2O5S. The predicted molar refractivity (Wildman–Crippen MR) is 177 cm³/mol. The van der Waals surface area contributed by atoms with Crippen LogP contribution in [0.3, 0.4) is 0 Å². The first-order chi connectivity index (χ1) is 22.0. The minimum absolute atomic E-state index is 0.0375. The molecule has 0 aliphatic carbocycles. The first-order valence-corrected chi connectivity index (χ1v) is 15.6. The van der Waals surface area contributed by atoms with Crippen LogP contribution in [0.25, 0.3) is 0 Å². The van der Waals surface area contributed by atoms with Crippen molar-refractivity contribution in [1.29, 1.82) is 0 Å². The fourth-order valence-corrected chi connectivity index (χ4v) is 5.61. The van der Waals surface area contributed by atoms with E-state index in [-0.39, 0.29) is 18.1 Å². The Morgan fingerprint density at radius 2 is 1.47 bits per heavy atom. The second kappa shape index (κ2) is 15.5. The van der Waals surface area contributed by atoms with Crippen LogP contribution in [0.15, 0.2) is 126 Å². The van der Waals surface area contributed by atoms with Gasteiger partial charge in [0.1, 0.15) is 18.4 Å². The highest BCUT2D eigenvalue weighted by Crippen LogP contribution is 2.22. The zero-order valence-electron chi connectivity index (χ0n) is 24.7. The smallest absolute Gasteiger partial charge is 0.326 e. The number of ether oxygens (including phenoxy) is 1. The largest absolute Gasteiger partial charge is 0.492 e. The molecule has 0 bridgehead atoms. The van der Waals surface area contributed by atoms with Crippen molar-refractivity contribution in [3.63, 3.8) is 0 Å². The summed E-state index contributed by atoms with van der Waals surface area (Å²) in [6.45, 7) is 1.23. The van der Waals surface area contributed by atoms with Crippen molar-refractivity contribution < 1.29 is 24.2 Å². The maximum Gasteiger partial charge on any atom is 0.326 e. The van der Waals surface area contributed by atoms with Crippen LogP contribution >= 0.6 is 11.3 Å². The van der Waals surface area contributed by atoms with E-state index >= 15 is 0 Å². The van der Waals surface area contributed by atoms with Crippen molar-refractivity contribution in [2.24, 2.45) is 0 Å². The number of carboxylic acids is 1. The van der Waals surface area contributed by atoms with Gasteiger partial charge in [0.25, 0.3) is 0 Å². The number of hydrogen-bond acceptors (Lipinski definition) is 6. The standard InChI is InChI=1S/C37H34N2O5S/c40-35(24-29-19-22-45-26-29)39(25-28-9-3-1-4-10-28)20-21-44-31-17-15-27(16-18-31)23-34(37(42)43)38-33-14-8-7-13-32(33)36(41)30-11-5-2-6-12-30/h1-19,22,26,34,38H,20-21,23-25H2,(H,42,43). The Labute approximate surface area is 266 Å². The Morgan fingerprint density at radius 3 is 2.16 bits per heavy atom. The number of ketones is 1. The zero-order valence-corrected chi connectivity index (χ0v) is 25.5. The van der Waals surface area contributed by atoms with Crippen molar-refractivity contribution in [3.05, 3.63) is 154 Å². The molecular weight excluding hydrogens is 584 g/mol. The van der Waals surface area contributed by atoms with Crippen molar-refractivity contribution in [1.82, 2.24) is 4.90 Å². The van der Waals surface area contributed by atoms with Gasteiger partial charge in [-0.1, -0.05) is 84.9 Å². The molecule has 228 valence electrons. The van der Waals surface area contributed by atoms with Gasteiger partial charge in [0, 0.05) is 29.8 Å². The Kier molecular flexibility index (Phi) is 10.8. The molecule has 0 radical (unpaired) electrons. The summed E-state index contributed by atoms with van der Waals surface area (Å²) in [4.78, 5) is 40.3. The van der Waals surface area contributed by atoms with Crippen LogP contribution in [-0.2, 0) is 29.0 Å². The normalized spacial score (nSPS) is 11.4. The average Bonchev–Trinajstić information content (AvgIpc) is 3.58. The summed E-state index contributed by atoms with van der Waals surface area (Å²) >= 11 is 1.57. The highest BCUT2D eigenvalue weighted by molar-refractivity contribution is 7.08. The van der Waals surface area contributed by atoms with E-state index in [1.165, 1.54) is 0 Å². The number of carboxylic acid groups (broad SMARTS) is 1. The van der Waals surface area contributed by atoms with Crippen LogP contribution in [-0.4, -0.2) is 46.9 Å². The second-order valence-corrected chi connectivity index (χ2v) is 11.4. The van der Waals surface area contributed by atoms with Crippen molar-refractivity contribution in [3.8, 4) is 5.75 Å². The second-order valence-electron chi connectivity index (χ2n) is 10.6. The SMILES string of the molecule is O=C(c1ccccc1)c1ccccc1NC(Cc1ccc(OCCN(Cc2ccccc2)C(=O)Cc2ccsc2)cc1)C(=O)O. The summed E-state index contributed by atoms with van der Waals surface area (Å²) in [5.41, 5.74) is 4.25. The fourth-order valence-electron chi connectivity index (χ4n) is 4.95. The molecule has 5 aromatic rings. The number of rotatable bonds is 15. The van der Waals surface area contributed by atoms with Crippen molar-refractivity contribution in [2.45, 2.75) is 25.4 Å². The Hall–Kier alpha value is -5.21. The molecule has 1 unspecified atom stereocenters. The number of thiophene rings is 1. The highest BCUT2D eigenvalue weighted by Gasteiger charge is 2.21. The molecule has 1 atom stereocenters. The van der Waals surface area contributed by atoms with E-state index in [2.05, 4.69) is 5.32 Å². The quantitative estimate of drug-likeness (QED) is 0.126. The molecule has 1 heterocycles. The van der Waals surface area contributed by atoms with Gasteiger partial charge in [-0.2, -0.15) is 11.3 Å². The van der Waals surface area contributed by atoms with Crippen LogP contribution in [0.2, 0.25) is 0 Å². The number of carbonyl (C=O) groups excluding carboxylic acids is 2. The first-order valence-electron chi connectivity index (χ1n) is 14.7. The molecule has 8 heteroatoms. The molecule has 7 nitrogen and oxygen atoms in total. The van der Waals surface area contributed by atoms with E-state index in [4.69, 9.17) is 4.74 Å². The number of hydrogen-bond donors (Lipinski definition) is 2. The minimum atomic E-state index is -1.03. The first kappa shape index (κ1) is 31.2. The van der Waals surface area contributed by atoms with Gasteiger partial charge >= 0.3 is 5.97 Å². The lowest BCUT2D eigenvalue weighted by Crippen LogP contribution is -2.35. The Morgan fingerprint density at radius 1 is 0.778 bits per heavy atom. The minimum Gasteiger partial charge on any atom is -0.492 e. The third-order valence-electron chi connectivity index (χ3n) is 7.33. The molecule has 45 heavy (non-hydrogen) atoms. The van der Waals surface area contributed by atoms with Gasteiger partial charge in [0.05, 0.1) is 13.0 Å². The van der Waals surface area contributed by atoms with Gasteiger partial charge < -0.3 is 20.1 Å². The number of carbonyl (C=O) groups is 3. The fraction of sp³-hybridized carbons (Fsp3) is 0.162. The molecule has 0 saturated heterocycles. The molecule has 5 rings (SSSR count). The predicted octanol–water partition coefficient (Wildman–Crippen LogP) is 6.74. The Bertz CT molecular complexity index is 1690. The van der Waals surface area contributed by atoms with Crippen LogP contribution in [0, 0.1) is 0 Å². The average molecular weight is 619 g/mol. The summed E-state index contributed by atoms with van der Waals surface area (Å²) in [5, 5.41) is 17.0. The zero-order chi connectivity index (χ0) is 31.4. The van der Waals surface area contributed by atoms with Crippen molar-refractivity contribution in [2.75, 3.05) is 18.5 Å². The van der Waals surface area contributed by atoms with Gasteiger partial charge in [0.2, 0.25) is 5.91 Å². The van der Waals surface area contributed by atoms with E-state index in [9.17, 15) is 19.5 Å². The summed E-state index contributed by atoms with van der Waals surface area (Å²) < 4.78 is 5.99. The molecule has 0 aliphatic rings. The third kappa shape index (κ3) is 8.90. The molecule has 1 amide bonds. The van der Waals surface area contributed by atoms with Crippen LogP contribution < -0.4 is 10.1 Å². The Balaban J connectivity index is 1.19. The summed E-state index contributed by atoms with van der Waals surface area (Å²) in [7, 11) is 0. The lowest BCUT2D eigenvalue weighted by molar-refractivity contribution is -0.138. The summed E-state index contributed by atoms with van der Waals surface area (Å²) in [6.07, 6.45) is 0.542. The van der Waals surface area contributed by atoms with Crippen LogP contribution in [0.1, 0.15) is 32.6 Å². The molecule has 0 fully saturated rings. The highest BCUT2D eigenvalue weighted by atomic mass is 32.1. The number of aliphatic carboxylic acids is 1. The number of amides is 1. The number of nitrogens with one attached hydrogen (secondary N) is 1. The van der Waals surface area contributed by atoms with E-state index in [1.807, 2.05) is 70.3 Å². The van der Waals surface area contributed by atoms with E-state index in [0.29, 0.717) is 48.7 Å². The molecule has 0 aliphatic heterocycles. The maximum absolute atomic E-state index is 13.1. The summed E-state index contributed by atoms with van der Waals surface area (Å²) in [6, 6.07) is 34.0. The topological polar surface area (TPSA) is 95.9 Å². The summed E-state index contributed by atoms with van der Waals surface area (Å²) in [5.74, 6) is -0.541. The number of para-hydroxylation sites is 1. The number of nitrogens with zero attached hydrogens (tertiary/aromatic N) is 1. The van der Waals surface area contributed by atoms with E-state index in [1.54, 1.807) is 72.0 Å². The lowest BCUT2D eigenvalue weighted by Gasteiger charge is -2.23. The molecule has 0 spiro atoms. The van der Waals surface area contributed by atoms with Gasteiger partial charge in [-0.25, -0.2) is 4.79 Å². The van der Waals surface area contributed by atoms with Gasteiger partial charge in [-0.05, 0) is 57.8 Å². The van der Waals surface area contributed by atoms with Crippen molar-refractivity contribution >= 4 is 34.7 Å². The van der Waals surface area contributed by atoms with Crippen LogP contribution in [0.4, 0.5) is 5.69 Å². The van der Waals surface area contributed by atoms with E-state index in [0.717, 1.165) is 16.7 Å². The van der Waals surface area contributed by atoms with Gasteiger partial charge in [0.15, 0.2) is 5.78 Å². The molecule has 2 N–H and O–H groups in total. The van der Waals surface area contributed by atoms with E-state index < -0.39 is 12.0 Å². The van der Waals surface area contributed by atoms with Crippen LogP contribution in [0.5, 0.6) is 5.75 Å².